The van der Waals surface area contributed by atoms with Crippen LogP contribution in [0, 0.1) is 11.8 Å². The zero-order valence-electron chi connectivity index (χ0n) is 12.7. The number of hydrogen-bond donors (Lipinski definition) is 2. The van der Waals surface area contributed by atoms with Crippen molar-refractivity contribution in [2.24, 2.45) is 11.8 Å². The minimum atomic E-state index is -1.05. The van der Waals surface area contributed by atoms with Gasteiger partial charge in [0, 0.05) is 12.0 Å². The molecular formula is C17H21NO4. The van der Waals surface area contributed by atoms with Gasteiger partial charge in [-0.2, -0.15) is 0 Å². The minimum Gasteiger partial charge on any atom is -0.496 e. The van der Waals surface area contributed by atoms with E-state index in [0.29, 0.717) is 5.76 Å². The molecule has 1 heterocycles. The Balaban J connectivity index is 1.80. The molecule has 22 heavy (non-hydrogen) atoms. The van der Waals surface area contributed by atoms with Crippen molar-refractivity contribution in [1.29, 1.82) is 0 Å². The molecule has 0 aromatic heterocycles. The van der Waals surface area contributed by atoms with Crippen LogP contribution in [0.2, 0.25) is 0 Å². The van der Waals surface area contributed by atoms with E-state index in [-0.39, 0.29) is 17.4 Å². The first-order valence-corrected chi connectivity index (χ1v) is 7.80. The van der Waals surface area contributed by atoms with Gasteiger partial charge in [-0.1, -0.05) is 30.9 Å². The molecule has 0 bridgehead atoms. The second-order valence-electron chi connectivity index (χ2n) is 6.21. The van der Waals surface area contributed by atoms with Crippen molar-refractivity contribution in [3.63, 3.8) is 0 Å². The van der Waals surface area contributed by atoms with Gasteiger partial charge in [-0.25, -0.2) is 4.79 Å². The van der Waals surface area contributed by atoms with Gasteiger partial charge in [0.25, 0.3) is 0 Å². The lowest BCUT2D eigenvalue weighted by atomic mass is 9.78. The second kappa shape index (κ2) is 5.99. The summed E-state index contributed by atoms with van der Waals surface area (Å²) in [6.45, 7) is 0. The Morgan fingerprint density at radius 3 is 2.86 bits per heavy atom. The summed E-state index contributed by atoms with van der Waals surface area (Å²) in [4.78, 5) is 23.5. The first-order chi connectivity index (χ1) is 10.6. The number of ether oxygens (including phenoxy) is 1. The van der Waals surface area contributed by atoms with Crippen molar-refractivity contribution in [3.8, 4) is 0 Å². The number of rotatable bonds is 6. The average molecular weight is 303 g/mol. The molecule has 0 spiro atoms. The maximum absolute atomic E-state index is 11.9. The summed E-state index contributed by atoms with van der Waals surface area (Å²) < 4.78 is 5.15. The van der Waals surface area contributed by atoms with E-state index in [1.807, 2.05) is 6.08 Å². The summed E-state index contributed by atoms with van der Waals surface area (Å²) in [5.74, 6) is -0.164. The van der Waals surface area contributed by atoms with Crippen LogP contribution in [-0.2, 0) is 14.3 Å². The second-order valence-corrected chi connectivity index (χ2v) is 6.21. The standard InChI is InChI=1S/C17H21NO4/c1-22-13-8-7-12-11(4-2-3-10-5-6-10)9-14(19)18-16(12)15(13)17(20)21/h7-10,12,16H,2-6H2,1H3,(H,18,19)(H,20,21). The molecule has 2 N–H and O–H groups in total. The number of methoxy groups -OCH3 is 1. The number of fused-ring (bicyclic) bond motifs is 1. The lowest BCUT2D eigenvalue weighted by Gasteiger charge is -2.34. The number of hydrogen-bond acceptors (Lipinski definition) is 3. The van der Waals surface area contributed by atoms with Crippen LogP contribution >= 0.6 is 0 Å². The van der Waals surface area contributed by atoms with Gasteiger partial charge in [-0.3, -0.25) is 4.79 Å². The van der Waals surface area contributed by atoms with Crippen LogP contribution in [0.25, 0.3) is 0 Å². The highest BCUT2D eigenvalue weighted by molar-refractivity contribution is 5.95. The van der Waals surface area contributed by atoms with Gasteiger partial charge in [-0.05, 0) is 24.8 Å². The zero-order chi connectivity index (χ0) is 15.7. The summed E-state index contributed by atoms with van der Waals surface area (Å²) in [7, 11) is 1.44. The fraction of sp³-hybridized carbons (Fsp3) is 0.529. The number of nitrogens with one attached hydrogen (secondary N) is 1. The molecule has 1 aliphatic heterocycles. The lowest BCUT2D eigenvalue weighted by Crippen LogP contribution is -2.48. The Kier molecular flexibility index (Phi) is 4.05. The Labute approximate surface area is 129 Å². The fourth-order valence-electron chi connectivity index (χ4n) is 3.34. The van der Waals surface area contributed by atoms with Gasteiger partial charge in [0.2, 0.25) is 5.91 Å². The van der Waals surface area contributed by atoms with E-state index in [1.54, 1.807) is 12.2 Å². The number of carboxylic acid groups (broad SMARTS) is 1. The van der Waals surface area contributed by atoms with E-state index in [2.05, 4.69) is 5.32 Å². The van der Waals surface area contributed by atoms with Gasteiger partial charge >= 0.3 is 5.97 Å². The number of carbonyl (C=O) groups excluding carboxylic acids is 1. The maximum Gasteiger partial charge on any atom is 0.337 e. The average Bonchev–Trinajstić information content (AvgIpc) is 3.29. The van der Waals surface area contributed by atoms with Crippen LogP contribution in [0.15, 0.2) is 35.1 Å². The lowest BCUT2D eigenvalue weighted by molar-refractivity contribution is -0.133. The zero-order valence-corrected chi connectivity index (χ0v) is 12.7. The van der Waals surface area contributed by atoms with Crippen LogP contribution in [0.5, 0.6) is 0 Å². The highest BCUT2D eigenvalue weighted by Crippen LogP contribution is 2.37. The Morgan fingerprint density at radius 2 is 2.23 bits per heavy atom. The molecule has 3 rings (SSSR count). The number of aliphatic carboxylic acids is 1. The topological polar surface area (TPSA) is 75.6 Å². The third-order valence-electron chi connectivity index (χ3n) is 4.66. The highest BCUT2D eigenvalue weighted by Gasteiger charge is 2.38. The van der Waals surface area contributed by atoms with Gasteiger partial charge < -0.3 is 15.2 Å². The van der Waals surface area contributed by atoms with Crippen molar-refractivity contribution in [1.82, 2.24) is 5.32 Å². The molecule has 118 valence electrons. The van der Waals surface area contributed by atoms with Crippen molar-refractivity contribution >= 4 is 11.9 Å². The number of allylic oxidation sites excluding steroid dienone is 1. The number of carboxylic acids is 1. The molecule has 0 radical (unpaired) electrons. The minimum absolute atomic E-state index is 0.0816. The third kappa shape index (κ3) is 2.93. The first kappa shape index (κ1) is 14.9. The quantitative estimate of drug-likeness (QED) is 0.788. The predicted octanol–water partition coefficient (Wildman–Crippen LogP) is 2.16. The van der Waals surface area contributed by atoms with Crippen molar-refractivity contribution in [3.05, 3.63) is 35.1 Å². The summed E-state index contributed by atoms with van der Waals surface area (Å²) in [6.07, 6.45) is 11.0. The SMILES string of the molecule is COC1=C(C(=O)O)C2NC(=O)C=C(CCCC3CC3)C2C=C1. The van der Waals surface area contributed by atoms with E-state index >= 15 is 0 Å². The molecular weight excluding hydrogens is 282 g/mol. The Morgan fingerprint density at radius 1 is 1.45 bits per heavy atom. The van der Waals surface area contributed by atoms with Gasteiger partial charge in [0.15, 0.2) is 0 Å². The molecule has 1 fully saturated rings. The van der Waals surface area contributed by atoms with Crippen molar-refractivity contribution < 1.29 is 19.4 Å². The van der Waals surface area contributed by atoms with E-state index in [1.165, 1.54) is 26.4 Å². The van der Waals surface area contributed by atoms with Crippen molar-refractivity contribution in [2.45, 2.75) is 38.1 Å². The maximum atomic E-state index is 11.9. The fourth-order valence-corrected chi connectivity index (χ4v) is 3.34. The molecule has 1 amide bonds. The van der Waals surface area contributed by atoms with Gasteiger partial charge in [-0.15, -0.1) is 0 Å². The highest BCUT2D eigenvalue weighted by atomic mass is 16.5. The van der Waals surface area contributed by atoms with Crippen LogP contribution in [0.3, 0.4) is 0 Å². The van der Waals surface area contributed by atoms with E-state index in [9.17, 15) is 14.7 Å². The molecule has 2 aliphatic carbocycles. The predicted molar refractivity (Wildman–Crippen MR) is 80.9 cm³/mol. The largest absolute Gasteiger partial charge is 0.496 e. The number of amides is 1. The van der Waals surface area contributed by atoms with Crippen LogP contribution in [0.1, 0.15) is 32.1 Å². The van der Waals surface area contributed by atoms with Crippen LogP contribution in [-0.4, -0.2) is 30.1 Å². The monoisotopic (exact) mass is 303 g/mol. The summed E-state index contributed by atoms with van der Waals surface area (Å²) in [6, 6.07) is -0.536. The molecule has 0 aromatic carbocycles. The smallest absolute Gasteiger partial charge is 0.337 e. The third-order valence-corrected chi connectivity index (χ3v) is 4.66. The first-order valence-electron chi connectivity index (χ1n) is 7.80. The molecule has 2 unspecified atom stereocenters. The normalized spacial score (nSPS) is 27.1. The molecule has 5 nitrogen and oxygen atoms in total. The molecule has 0 saturated heterocycles. The van der Waals surface area contributed by atoms with Crippen LogP contribution in [0.4, 0.5) is 0 Å². The van der Waals surface area contributed by atoms with Gasteiger partial charge in [0.1, 0.15) is 11.3 Å². The summed E-state index contributed by atoms with van der Waals surface area (Å²) in [5.41, 5.74) is 1.16. The van der Waals surface area contributed by atoms with E-state index in [0.717, 1.165) is 24.3 Å². The molecule has 5 heteroatoms. The molecule has 1 saturated carbocycles. The summed E-state index contributed by atoms with van der Waals surface area (Å²) in [5, 5.41) is 12.2. The molecule has 2 atom stereocenters. The van der Waals surface area contributed by atoms with Gasteiger partial charge in [0.05, 0.1) is 13.2 Å². The van der Waals surface area contributed by atoms with Crippen LogP contribution < -0.4 is 5.32 Å². The van der Waals surface area contributed by atoms with E-state index < -0.39 is 12.0 Å². The Hall–Kier alpha value is -2.04. The van der Waals surface area contributed by atoms with Crippen molar-refractivity contribution in [2.75, 3.05) is 7.11 Å². The Bertz CT molecular complexity index is 583. The number of carbonyl (C=O) groups is 2. The van der Waals surface area contributed by atoms with E-state index in [4.69, 9.17) is 4.74 Å². The summed E-state index contributed by atoms with van der Waals surface area (Å²) >= 11 is 0. The molecule has 0 aromatic rings. The molecule has 3 aliphatic rings.